The van der Waals surface area contributed by atoms with Gasteiger partial charge in [0, 0.05) is 43.0 Å². The summed E-state index contributed by atoms with van der Waals surface area (Å²) in [5.74, 6) is 1.07. The third-order valence-corrected chi connectivity index (χ3v) is 8.16. The number of hydrogen-bond acceptors (Lipinski definition) is 3. The summed E-state index contributed by atoms with van der Waals surface area (Å²) in [7, 11) is 0. The fourth-order valence-electron chi connectivity index (χ4n) is 5.61. The largest absolute Gasteiger partial charge is 0.493 e. The minimum Gasteiger partial charge on any atom is -0.493 e. The van der Waals surface area contributed by atoms with Crippen LogP contribution in [0.4, 0.5) is 0 Å². The molecule has 2 aliphatic rings. The summed E-state index contributed by atoms with van der Waals surface area (Å²) in [4.78, 5) is 30.4. The maximum absolute atomic E-state index is 13.3. The highest BCUT2D eigenvalue weighted by Crippen LogP contribution is 2.37. The van der Waals surface area contributed by atoms with Crippen molar-refractivity contribution in [2.75, 3.05) is 32.8 Å². The molecule has 2 amide bonds. The van der Waals surface area contributed by atoms with E-state index in [1.54, 1.807) is 0 Å². The van der Waals surface area contributed by atoms with E-state index in [-0.39, 0.29) is 17.2 Å². The third kappa shape index (κ3) is 6.45. The van der Waals surface area contributed by atoms with Gasteiger partial charge in [-0.3, -0.25) is 9.59 Å². The van der Waals surface area contributed by atoms with Crippen molar-refractivity contribution in [1.82, 2.24) is 9.80 Å². The number of fused-ring (bicyclic) bond motifs is 1. The normalized spacial score (nSPS) is 17.5. The Hall–Kier alpha value is -3.05. The molecule has 6 heteroatoms. The Kier molecular flexibility index (Phi) is 7.99. The van der Waals surface area contributed by atoms with Gasteiger partial charge in [-0.05, 0) is 66.6 Å². The van der Waals surface area contributed by atoms with Gasteiger partial charge in [0.2, 0.25) is 11.8 Å². The minimum atomic E-state index is -0.295. The number of halogens is 1. The molecule has 5 rings (SSSR count). The molecule has 194 valence electrons. The molecule has 37 heavy (non-hydrogen) atoms. The first kappa shape index (κ1) is 25.6. The second-order valence-corrected chi connectivity index (χ2v) is 11.0. The van der Waals surface area contributed by atoms with Gasteiger partial charge >= 0.3 is 0 Å². The second kappa shape index (κ2) is 11.6. The van der Waals surface area contributed by atoms with Crippen molar-refractivity contribution in [3.63, 3.8) is 0 Å². The van der Waals surface area contributed by atoms with Gasteiger partial charge in [-0.2, -0.15) is 0 Å². The van der Waals surface area contributed by atoms with Crippen molar-refractivity contribution in [1.29, 1.82) is 0 Å². The highest BCUT2D eigenvalue weighted by molar-refractivity contribution is 6.30. The quantitative estimate of drug-likeness (QED) is 0.378. The lowest BCUT2D eigenvalue weighted by atomic mass is 9.75. The summed E-state index contributed by atoms with van der Waals surface area (Å²) >= 11 is 6.15. The lowest BCUT2D eigenvalue weighted by Crippen LogP contribution is -2.48. The molecule has 0 saturated carbocycles. The molecule has 0 spiro atoms. The van der Waals surface area contributed by atoms with Gasteiger partial charge in [0.05, 0.1) is 13.0 Å². The molecule has 2 aliphatic heterocycles. The molecule has 3 aromatic carbocycles. The fourth-order valence-corrected chi connectivity index (χ4v) is 5.79. The van der Waals surface area contributed by atoms with E-state index in [0.29, 0.717) is 43.3 Å². The van der Waals surface area contributed by atoms with E-state index in [9.17, 15) is 9.59 Å². The Morgan fingerprint density at radius 3 is 2.27 bits per heavy atom. The van der Waals surface area contributed by atoms with E-state index >= 15 is 0 Å². The lowest BCUT2D eigenvalue weighted by Gasteiger charge is -2.42. The average Bonchev–Trinajstić information content (AvgIpc) is 2.93. The molecule has 0 atom stereocenters. The predicted octanol–water partition coefficient (Wildman–Crippen LogP) is 6.13. The number of piperidine rings is 2. The number of likely N-dealkylation sites (tertiary alicyclic amines) is 2. The first-order valence-corrected chi connectivity index (χ1v) is 13.8. The predicted molar refractivity (Wildman–Crippen MR) is 148 cm³/mol. The van der Waals surface area contributed by atoms with Crippen LogP contribution in [-0.2, 0) is 16.0 Å². The van der Waals surface area contributed by atoms with Gasteiger partial charge in [0.25, 0.3) is 0 Å². The molecule has 0 aliphatic carbocycles. The molecule has 0 unspecified atom stereocenters. The van der Waals surface area contributed by atoms with E-state index < -0.39 is 0 Å². The van der Waals surface area contributed by atoms with Gasteiger partial charge in [-0.25, -0.2) is 0 Å². The van der Waals surface area contributed by atoms with Crippen molar-refractivity contribution < 1.29 is 14.3 Å². The minimum absolute atomic E-state index is 0.141. The molecule has 2 fully saturated rings. The van der Waals surface area contributed by atoms with Crippen LogP contribution >= 0.6 is 11.6 Å². The first-order valence-electron chi connectivity index (χ1n) is 13.4. The van der Waals surface area contributed by atoms with Crippen LogP contribution in [0, 0.1) is 5.41 Å². The van der Waals surface area contributed by atoms with Crippen molar-refractivity contribution in [2.24, 2.45) is 5.41 Å². The van der Waals surface area contributed by atoms with Crippen molar-refractivity contribution in [3.8, 4) is 5.75 Å². The molecule has 5 nitrogen and oxygen atoms in total. The highest BCUT2D eigenvalue weighted by atomic mass is 35.5. The van der Waals surface area contributed by atoms with Crippen LogP contribution in [0.5, 0.6) is 5.75 Å². The molecular formula is C31H35ClN2O3. The number of rotatable bonds is 7. The van der Waals surface area contributed by atoms with Gasteiger partial charge in [-0.15, -0.1) is 0 Å². The number of carbonyl (C=O) groups is 2. The maximum atomic E-state index is 13.3. The van der Waals surface area contributed by atoms with E-state index in [0.717, 1.165) is 49.7 Å². The van der Waals surface area contributed by atoms with Crippen LogP contribution in [0.25, 0.3) is 10.8 Å². The van der Waals surface area contributed by atoms with Crippen molar-refractivity contribution in [2.45, 2.75) is 44.9 Å². The molecule has 0 radical (unpaired) electrons. The maximum Gasteiger partial charge on any atom is 0.226 e. The molecular weight excluding hydrogens is 484 g/mol. The topological polar surface area (TPSA) is 49.9 Å². The number of benzene rings is 3. The number of carbonyl (C=O) groups excluding carboxylic acids is 2. The lowest BCUT2D eigenvalue weighted by molar-refractivity contribution is -0.138. The van der Waals surface area contributed by atoms with Gasteiger partial charge in [-0.1, -0.05) is 60.1 Å². The van der Waals surface area contributed by atoms with Gasteiger partial charge in [0.15, 0.2) is 0 Å². The Balaban J connectivity index is 1.24. The Labute approximate surface area is 224 Å². The monoisotopic (exact) mass is 518 g/mol. The summed E-state index contributed by atoms with van der Waals surface area (Å²) < 4.78 is 6.19. The van der Waals surface area contributed by atoms with Crippen LogP contribution in [-0.4, -0.2) is 54.4 Å². The summed E-state index contributed by atoms with van der Waals surface area (Å²) in [6, 6.07) is 21.9. The van der Waals surface area contributed by atoms with Gasteiger partial charge < -0.3 is 14.5 Å². The molecule has 2 heterocycles. The summed E-state index contributed by atoms with van der Waals surface area (Å²) in [6.45, 7) is 3.41. The van der Waals surface area contributed by atoms with Gasteiger partial charge in [0.1, 0.15) is 5.75 Å². The number of hydrogen-bond donors (Lipinski definition) is 0. The van der Waals surface area contributed by atoms with E-state index in [1.807, 2.05) is 52.3 Å². The van der Waals surface area contributed by atoms with E-state index in [4.69, 9.17) is 16.3 Å². The zero-order valence-electron chi connectivity index (χ0n) is 21.3. The fraction of sp³-hybridized carbons (Fsp3) is 0.419. The molecule has 0 N–H and O–H groups in total. The smallest absolute Gasteiger partial charge is 0.226 e. The average molecular weight is 519 g/mol. The number of ether oxygens (including phenoxy) is 1. The van der Waals surface area contributed by atoms with Crippen LogP contribution in [0.3, 0.4) is 0 Å². The van der Waals surface area contributed by atoms with Crippen LogP contribution in [0.2, 0.25) is 5.02 Å². The van der Waals surface area contributed by atoms with Crippen molar-refractivity contribution in [3.05, 3.63) is 77.3 Å². The number of amides is 2. The first-order chi connectivity index (χ1) is 18.0. The standard InChI is InChI=1S/C31H35ClN2O3/c32-27-9-6-10-28(21-27)37-23-31(22-30(36)33-15-4-1-5-16-33)13-17-34(18-14-31)29(35)20-24-11-12-25-7-2-3-8-26(25)19-24/h2-3,6-12,19,21H,1,4-5,13-18,20,22-23H2. The van der Waals surface area contributed by atoms with Crippen LogP contribution in [0.1, 0.15) is 44.1 Å². The van der Waals surface area contributed by atoms with Crippen LogP contribution in [0.15, 0.2) is 66.7 Å². The highest BCUT2D eigenvalue weighted by Gasteiger charge is 2.39. The molecule has 3 aromatic rings. The Morgan fingerprint density at radius 2 is 1.51 bits per heavy atom. The molecule has 2 saturated heterocycles. The van der Waals surface area contributed by atoms with Crippen LogP contribution < -0.4 is 4.74 Å². The zero-order valence-corrected chi connectivity index (χ0v) is 22.1. The molecule has 0 aromatic heterocycles. The Bertz CT molecular complexity index is 1250. The zero-order chi connectivity index (χ0) is 25.7. The molecule has 0 bridgehead atoms. The number of nitrogens with zero attached hydrogens (tertiary/aromatic N) is 2. The van der Waals surface area contributed by atoms with Crippen molar-refractivity contribution >= 4 is 34.2 Å². The summed E-state index contributed by atoms with van der Waals surface area (Å²) in [5, 5.41) is 2.96. The van der Waals surface area contributed by atoms with E-state index in [2.05, 4.69) is 24.3 Å². The summed E-state index contributed by atoms with van der Waals surface area (Å²) in [5.41, 5.74) is 0.737. The Morgan fingerprint density at radius 1 is 0.784 bits per heavy atom. The SMILES string of the molecule is O=C(Cc1ccc2ccccc2c1)N1CCC(COc2cccc(Cl)c2)(CC(=O)N2CCCCC2)CC1. The third-order valence-electron chi connectivity index (χ3n) is 7.92. The summed E-state index contributed by atoms with van der Waals surface area (Å²) in [6.07, 6.45) is 5.70. The second-order valence-electron chi connectivity index (χ2n) is 10.6. The van der Waals surface area contributed by atoms with E-state index in [1.165, 1.54) is 11.8 Å².